The molecule has 3 N–H and O–H groups in total. The van der Waals surface area contributed by atoms with E-state index in [9.17, 15) is 9.90 Å². The topological polar surface area (TPSA) is 78.9 Å². The van der Waals surface area contributed by atoms with Gasteiger partial charge in [0.15, 0.2) is 5.96 Å². The Morgan fingerprint density at radius 2 is 2.35 bits per heavy atom. The predicted octanol–water partition coefficient (Wildman–Crippen LogP) is 1.61. The number of rotatable bonds is 1. The lowest BCUT2D eigenvalue weighted by Crippen LogP contribution is -2.47. The number of hydrogen-bond donors (Lipinski definition) is 2. The van der Waals surface area contributed by atoms with Crippen LogP contribution in [0.25, 0.3) is 0 Å². The molecule has 1 atom stereocenters. The zero-order chi connectivity index (χ0) is 12.8. The van der Waals surface area contributed by atoms with E-state index in [4.69, 9.17) is 5.73 Å². The summed E-state index contributed by atoms with van der Waals surface area (Å²) < 4.78 is 0.798. The van der Waals surface area contributed by atoms with Gasteiger partial charge in [-0.15, -0.1) is 11.3 Å². The lowest BCUT2D eigenvalue weighted by Gasteiger charge is -2.32. The predicted molar refractivity (Wildman–Crippen MR) is 70.0 cm³/mol. The fourth-order valence-corrected chi connectivity index (χ4v) is 3.35. The highest BCUT2D eigenvalue weighted by Crippen LogP contribution is 2.44. The Labute approximate surface area is 111 Å². The molecule has 17 heavy (non-hydrogen) atoms. The lowest BCUT2D eigenvalue weighted by atomic mass is 9.94. The van der Waals surface area contributed by atoms with E-state index in [1.54, 1.807) is 20.0 Å². The molecule has 0 fully saturated rings. The van der Waals surface area contributed by atoms with Gasteiger partial charge in [0.1, 0.15) is 11.3 Å². The largest absolute Gasteiger partial charge is 0.507 e. The van der Waals surface area contributed by atoms with Crippen LogP contribution in [-0.2, 0) is 10.3 Å². The summed E-state index contributed by atoms with van der Waals surface area (Å²) in [6.45, 7) is 1.79. The molecule has 92 valence electrons. The number of aromatic hydroxyl groups is 1. The highest BCUT2D eigenvalue weighted by atomic mass is 79.9. The summed E-state index contributed by atoms with van der Waals surface area (Å²) in [4.78, 5) is 18.1. The van der Waals surface area contributed by atoms with E-state index in [0.29, 0.717) is 4.88 Å². The monoisotopic (exact) mass is 317 g/mol. The first-order chi connectivity index (χ1) is 7.83. The van der Waals surface area contributed by atoms with Gasteiger partial charge in [-0.3, -0.25) is 9.69 Å². The van der Waals surface area contributed by atoms with Crippen molar-refractivity contribution in [1.82, 2.24) is 4.90 Å². The number of amides is 1. The van der Waals surface area contributed by atoms with Crippen molar-refractivity contribution in [1.29, 1.82) is 0 Å². The van der Waals surface area contributed by atoms with Crippen molar-refractivity contribution in [2.75, 3.05) is 7.05 Å². The molecule has 1 aromatic heterocycles. The average Bonchev–Trinajstić information content (AvgIpc) is 2.55. The van der Waals surface area contributed by atoms with E-state index in [0.717, 1.165) is 3.79 Å². The lowest BCUT2D eigenvalue weighted by molar-refractivity contribution is -0.128. The van der Waals surface area contributed by atoms with E-state index in [-0.39, 0.29) is 24.0 Å². The summed E-state index contributed by atoms with van der Waals surface area (Å²) in [7, 11) is 1.59. The van der Waals surface area contributed by atoms with Crippen LogP contribution >= 0.6 is 27.3 Å². The number of thiophene rings is 1. The van der Waals surface area contributed by atoms with Gasteiger partial charge < -0.3 is 10.8 Å². The molecule has 2 rings (SSSR count). The number of carbonyl (C=O) groups is 1. The van der Waals surface area contributed by atoms with E-state index in [1.165, 1.54) is 16.2 Å². The van der Waals surface area contributed by atoms with Crippen molar-refractivity contribution in [3.8, 4) is 5.75 Å². The van der Waals surface area contributed by atoms with Crippen LogP contribution in [0.1, 0.15) is 18.2 Å². The fraction of sp³-hybridized carbons (Fsp3) is 0.400. The molecular formula is C10H12BrN3O2S. The van der Waals surface area contributed by atoms with Gasteiger partial charge in [0.25, 0.3) is 0 Å². The molecule has 0 saturated carbocycles. The van der Waals surface area contributed by atoms with Crippen molar-refractivity contribution in [2.45, 2.75) is 18.9 Å². The minimum atomic E-state index is -0.783. The second kappa shape index (κ2) is 3.99. The van der Waals surface area contributed by atoms with Crippen LogP contribution in [0.4, 0.5) is 0 Å². The Bertz CT molecular complexity index is 514. The third-order valence-electron chi connectivity index (χ3n) is 2.75. The Hall–Kier alpha value is -1.08. The molecule has 5 nitrogen and oxygen atoms in total. The highest BCUT2D eigenvalue weighted by molar-refractivity contribution is 9.11. The molecule has 1 aliphatic heterocycles. The summed E-state index contributed by atoms with van der Waals surface area (Å²) in [6.07, 6.45) is 0.199. The number of carbonyl (C=O) groups excluding carboxylic acids is 1. The third-order valence-corrected chi connectivity index (χ3v) is 4.63. The van der Waals surface area contributed by atoms with Crippen LogP contribution in [0.5, 0.6) is 5.75 Å². The van der Waals surface area contributed by atoms with E-state index in [2.05, 4.69) is 20.9 Å². The molecule has 1 amide bonds. The van der Waals surface area contributed by atoms with Crippen LogP contribution < -0.4 is 5.73 Å². The normalized spacial score (nSPS) is 25.0. The van der Waals surface area contributed by atoms with E-state index < -0.39 is 5.54 Å². The summed E-state index contributed by atoms with van der Waals surface area (Å²) in [5, 5.41) is 9.83. The van der Waals surface area contributed by atoms with Crippen LogP contribution in [0.2, 0.25) is 0 Å². The molecule has 0 aliphatic carbocycles. The minimum absolute atomic E-state index is 0.107. The zero-order valence-corrected chi connectivity index (χ0v) is 11.8. The molecule has 1 unspecified atom stereocenters. The van der Waals surface area contributed by atoms with Gasteiger partial charge in [0.05, 0.1) is 15.1 Å². The first-order valence-electron chi connectivity index (χ1n) is 4.94. The minimum Gasteiger partial charge on any atom is -0.507 e. The second-order valence-corrected chi connectivity index (χ2v) is 6.57. The molecule has 7 heteroatoms. The van der Waals surface area contributed by atoms with Crippen LogP contribution in [-0.4, -0.2) is 28.9 Å². The summed E-state index contributed by atoms with van der Waals surface area (Å²) >= 11 is 4.66. The van der Waals surface area contributed by atoms with Crippen LogP contribution in [0, 0.1) is 0 Å². The van der Waals surface area contributed by atoms with Gasteiger partial charge in [-0.25, -0.2) is 4.99 Å². The standard InChI is InChI=1S/C10H12BrN3O2S/c1-10(8-5(15)3-6(11)17-8)4-7(16)14(2)9(12)13-10/h3,15H,4H2,1-2H3,(H2,12,13). The van der Waals surface area contributed by atoms with Gasteiger partial charge in [-0.1, -0.05) is 0 Å². The van der Waals surface area contributed by atoms with Crippen LogP contribution in [0.3, 0.4) is 0 Å². The fourth-order valence-electron chi connectivity index (χ4n) is 1.78. The number of nitrogens with zero attached hydrogens (tertiary/aromatic N) is 2. The Morgan fingerprint density at radius 3 is 2.82 bits per heavy atom. The molecule has 0 aromatic carbocycles. The van der Waals surface area contributed by atoms with Gasteiger partial charge in [-0.05, 0) is 22.9 Å². The molecule has 0 saturated heterocycles. The number of nitrogens with two attached hydrogens (primary N) is 1. The molecule has 0 spiro atoms. The van der Waals surface area contributed by atoms with E-state index in [1.807, 2.05) is 0 Å². The maximum absolute atomic E-state index is 11.8. The molecular weight excluding hydrogens is 306 g/mol. The van der Waals surface area contributed by atoms with Crippen molar-refractivity contribution in [3.05, 3.63) is 14.7 Å². The number of guanidine groups is 1. The van der Waals surface area contributed by atoms with Gasteiger partial charge in [-0.2, -0.15) is 0 Å². The molecule has 2 heterocycles. The quantitative estimate of drug-likeness (QED) is 0.826. The smallest absolute Gasteiger partial charge is 0.231 e. The number of aliphatic imine (C=N–C) groups is 1. The summed E-state index contributed by atoms with van der Waals surface area (Å²) in [5.41, 5.74) is 4.92. The first-order valence-corrected chi connectivity index (χ1v) is 6.55. The van der Waals surface area contributed by atoms with E-state index >= 15 is 0 Å². The maximum Gasteiger partial charge on any atom is 0.231 e. The van der Waals surface area contributed by atoms with Gasteiger partial charge >= 0.3 is 0 Å². The van der Waals surface area contributed by atoms with Crippen molar-refractivity contribution in [3.63, 3.8) is 0 Å². The van der Waals surface area contributed by atoms with Crippen molar-refractivity contribution < 1.29 is 9.90 Å². The SMILES string of the molecule is CN1C(=O)CC(C)(c2sc(Br)cc2O)N=C1N. The van der Waals surface area contributed by atoms with Gasteiger partial charge in [0, 0.05) is 13.1 Å². The highest BCUT2D eigenvalue weighted by Gasteiger charge is 2.39. The number of halogens is 1. The Morgan fingerprint density at radius 1 is 1.71 bits per heavy atom. The maximum atomic E-state index is 11.8. The first kappa shape index (κ1) is 12.4. The third kappa shape index (κ3) is 2.04. The summed E-state index contributed by atoms with van der Waals surface area (Å²) in [5.74, 6) is 0.204. The Balaban J connectivity index is 2.51. The van der Waals surface area contributed by atoms with Crippen molar-refractivity contribution >= 4 is 39.1 Å². The molecule has 1 aliphatic rings. The molecule has 0 radical (unpaired) electrons. The molecule has 1 aromatic rings. The van der Waals surface area contributed by atoms with Crippen LogP contribution in [0.15, 0.2) is 14.8 Å². The Kier molecular flexibility index (Phi) is 2.90. The zero-order valence-electron chi connectivity index (χ0n) is 9.40. The summed E-state index contributed by atoms with van der Waals surface area (Å²) in [6, 6.07) is 1.60. The molecule has 0 bridgehead atoms. The van der Waals surface area contributed by atoms with Gasteiger partial charge in [0.2, 0.25) is 5.91 Å². The van der Waals surface area contributed by atoms with Crippen molar-refractivity contribution in [2.24, 2.45) is 10.7 Å². The number of hydrogen-bond acceptors (Lipinski definition) is 5. The second-order valence-electron chi connectivity index (χ2n) is 4.14. The average molecular weight is 318 g/mol.